The Kier molecular flexibility index (Phi) is 4.70. The van der Waals surface area contributed by atoms with Crippen LogP contribution in [-0.4, -0.2) is 36.9 Å². The molecule has 6 nitrogen and oxygen atoms in total. The van der Waals surface area contributed by atoms with E-state index in [1.807, 2.05) is 6.07 Å². The summed E-state index contributed by atoms with van der Waals surface area (Å²) < 4.78 is 10.6. The molecule has 0 saturated heterocycles. The first kappa shape index (κ1) is 15.2. The van der Waals surface area contributed by atoms with Gasteiger partial charge >= 0.3 is 0 Å². The van der Waals surface area contributed by atoms with E-state index in [9.17, 15) is 5.26 Å². The standard InChI is InChI=1S/C14H16N4O2S/c1-19-12-4-8-3-9(7-21-14(16)17)18-11(6-15)10(8)5-13(12)20-2/h4-5,9H,3,7H2,1-2H3,(H3,16,17). The number of nitrogens with two attached hydrogens (primary N) is 1. The zero-order chi connectivity index (χ0) is 15.4. The SMILES string of the molecule is COc1cc2c(cc1OC)C(C#N)=NC(CSC(=N)N)C2. The Morgan fingerprint density at radius 2 is 2.14 bits per heavy atom. The topological polar surface area (TPSA) is 104 Å². The Balaban J connectivity index is 2.37. The van der Waals surface area contributed by atoms with Crippen LogP contribution in [0, 0.1) is 16.7 Å². The van der Waals surface area contributed by atoms with Crippen molar-refractivity contribution in [2.45, 2.75) is 12.5 Å². The molecule has 7 heteroatoms. The molecular weight excluding hydrogens is 288 g/mol. The van der Waals surface area contributed by atoms with Crippen LogP contribution in [-0.2, 0) is 6.42 Å². The van der Waals surface area contributed by atoms with Crippen molar-refractivity contribution in [2.24, 2.45) is 10.7 Å². The van der Waals surface area contributed by atoms with Gasteiger partial charge in [0, 0.05) is 11.3 Å². The molecule has 1 aliphatic heterocycles. The predicted octanol–water partition coefficient (Wildman–Crippen LogP) is 1.57. The maximum absolute atomic E-state index is 9.30. The second-order valence-corrected chi connectivity index (χ2v) is 5.55. The Labute approximate surface area is 127 Å². The van der Waals surface area contributed by atoms with Gasteiger partial charge in [-0.15, -0.1) is 0 Å². The van der Waals surface area contributed by atoms with E-state index in [0.29, 0.717) is 29.4 Å². The minimum absolute atomic E-state index is 0.0572. The van der Waals surface area contributed by atoms with Gasteiger partial charge in [-0.25, -0.2) is 0 Å². The lowest BCUT2D eigenvalue weighted by Crippen LogP contribution is -2.23. The van der Waals surface area contributed by atoms with Gasteiger partial charge < -0.3 is 15.2 Å². The fraction of sp³-hybridized carbons (Fsp3) is 0.357. The fourth-order valence-corrected chi connectivity index (χ4v) is 2.80. The number of nitrogens with one attached hydrogen (secondary N) is 1. The van der Waals surface area contributed by atoms with Crippen LogP contribution in [0.4, 0.5) is 0 Å². The molecule has 0 fully saturated rings. The molecule has 2 rings (SSSR count). The second-order valence-electron chi connectivity index (χ2n) is 4.49. The molecule has 0 aliphatic carbocycles. The molecule has 21 heavy (non-hydrogen) atoms. The van der Waals surface area contributed by atoms with Crippen LogP contribution in [0.1, 0.15) is 11.1 Å². The summed E-state index contributed by atoms with van der Waals surface area (Å²) in [6.45, 7) is 0. The number of amidine groups is 1. The molecule has 0 radical (unpaired) electrons. The zero-order valence-corrected chi connectivity index (χ0v) is 12.7. The van der Waals surface area contributed by atoms with E-state index in [1.54, 1.807) is 20.3 Å². The molecule has 0 aromatic heterocycles. The number of fused-ring (bicyclic) bond motifs is 1. The normalized spacial score (nSPS) is 16.4. The molecule has 0 saturated carbocycles. The van der Waals surface area contributed by atoms with Crippen molar-refractivity contribution in [1.82, 2.24) is 0 Å². The highest BCUT2D eigenvalue weighted by atomic mass is 32.2. The van der Waals surface area contributed by atoms with Gasteiger partial charge in [0.15, 0.2) is 16.7 Å². The Hall–Kier alpha value is -2.20. The minimum Gasteiger partial charge on any atom is -0.493 e. The van der Waals surface area contributed by atoms with Gasteiger partial charge in [-0.2, -0.15) is 5.26 Å². The molecule has 1 aromatic rings. The molecule has 1 unspecified atom stereocenters. The Morgan fingerprint density at radius 3 is 2.71 bits per heavy atom. The largest absolute Gasteiger partial charge is 0.493 e. The first-order valence-corrected chi connectivity index (χ1v) is 7.27. The summed E-state index contributed by atoms with van der Waals surface area (Å²) in [5, 5.41) is 16.6. The average molecular weight is 304 g/mol. The summed E-state index contributed by atoms with van der Waals surface area (Å²) in [5.74, 6) is 1.79. The number of aliphatic imine (C=N–C) groups is 1. The lowest BCUT2D eigenvalue weighted by Gasteiger charge is -2.22. The maximum Gasteiger partial charge on any atom is 0.161 e. The highest BCUT2D eigenvalue weighted by molar-refractivity contribution is 8.13. The van der Waals surface area contributed by atoms with Crippen LogP contribution >= 0.6 is 11.8 Å². The molecule has 0 spiro atoms. The van der Waals surface area contributed by atoms with Gasteiger partial charge in [-0.3, -0.25) is 10.4 Å². The first-order chi connectivity index (χ1) is 10.1. The van der Waals surface area contributed by atoms with Crippen molar-refractivity contribution in [3.05, 3.63) is 23.3 Å². The van der Waals surface area contributed by atoms with E-state index in [2.05, 4.69) is 11.1 Å². The Bertz CT molecular complexity index is 637. The van der Waals surface area contributed by atoms with Gasteiger partial charge in [-0.1, -0.05) is 11.8 Å². The number of rotatable bonds is 4. The van der Waals surface area contributed by atoms with Crippen LogP contribution in [0.2, 0.25) is 0 Å². The zero-order valence-electron chi connectivity index (χ0n) is 11.8. The third kappa shape index (κ3) is 3.28. The van der Waals surface area contributed by atoms with Gasteiger partial charge in [0.05, 0.1) is 20.3 Å². The lowest BCUT2D eigenvalue weighted by molar-refractivity contribution is 0.354. The van der Waals surface area contributed by atoms with E-state index < -0.39 is 0 Å². The highest BCUT2D eigenvalue weighted by Gasteiger charge is 2.23. The number of benzene rings is 1. The van der Waals surface area contributed by atoms with Crippen LogP contribution in [0.25, 0.3) is 0 Å². The molecule has 3 N–H and O–H groups in total. The summed E-state index contributed by atoms with van der Waals surface area (Å²) >= 11 is 1.23. The van der Waals surface area contributed by atoms with Gasteiger partial charge in [0.25, 0.3) is 0 Å². The maximum atomic E-state index is 9.30. The molecule has 0 bridgehead atoms. The van der Waals surface area contributed by atoms with Crippen molar-refractivity contribution < 1.29 is 9.47 Å². The smallest absolute Gasteiger partial charge is 0.161 e. The van der Waals surface area contributed by atoms with E-state index >= 15 is 0 Å². The number of methoxy groups -OCH3 is 2. The number of thioether (sulfide) groups is 1. The van der Waals surface area contributed by atoms with Crippen molar-refractivity contribution in [1.29, 1.82) is 10.7 Å². The number of ether oxygens (including phenoxy) is 2. The molecule has 1 atom stereocenters. The molecule has 0 amide bonds. The van der Waals surface area contributed by atoms with Crippen molar-refractivity contribution in [3.8, 4) is 17.6 Å². The second kappa shape index (κ2) is 6.50. The van der Waals surface area contributed by atoms with Gasteiger partial charge in [-0.05, 0) is 24.1 Å². The summed E-state index contributed by atoms with van der Waals surface area (Å²) in [6, 6.07) is 5.72. The fourth-order valence-electron chi connectivity index (χ4n) is 2.23. The predicted molar refractivity (Wildman–Crippen MR) is 83.6 cm³/mol. The van der Waals surface area contributed by atoms with E-state index in [-0.39, 0.29) is 11.2 Å². The van der Waals surface area contributed by atoms with Crippen LogP contribution < -0.4 is 15.2 Å². The van der Waals surface area contributed by atoms with Gasteiger partial charge in [0.2, 0.25) is 0 Å². The van der Waals surface area contributed by atoms with Crippen LogP contribution in [0.5, 0.6) is 11.5 Å². The Morgan fingerprint density at radius 1 is 1.48 bits per heavy atom. The number of nitrogens with zero attached hydrogens (tertiary/aromatic N) is 2. The first-order valence-electron chi connectivity index (χ1n) is 6.29. The molecule has 1 aliphatic rings. The van der Waals surface area contributed by atoms with Crippen molar-refractivity contribution in [2.75, 3.05) is 20.0 Å². The number of hydrogen-bond donors (Lipinski definition) is 2. The van der Waals surface area contributed by atoms with Crippen molar-refractivity contribution >= 4 is 22.6 Å². The van der Waals surface area contributed by atoms with E-state index in [1.165, 1.54) is 11.8 Å². The average Bonchev–Trinajstić information content (AvgIpc) is 2.50. The molecular formula is C14H16N4O2S. The molecule has 1 aromatic carbocycles. The number of hydrogen-bond acceptors (Lipinski definition) is 6. The third-order valence-electron chi connectivity index (χ3n) is 3.17. The highest BCUT2D eigenvalue weighted by Crippen LogP contribution is 2.33. The van der Waals surface area contributed by atoms with Crippen LogP contribution in [0.3, 0.4) is 0 Å². The van der Waals surface area contributed by atoms with Gasteiger partial charge in [0.1, 0.15) is 11.8 Å². The third-order valence-corrected chi connectivity index (χ3v) is 4.03. The minimum atomic E-state index is -0.0702. The van der Waals surface area contributed by atoms with Crippen LogP contribution in [0.15, 0.2) is 17.1 Å². The number of nitriles is 1. The molecule has 1 heterocycles. The summed E-state index contributed by atoms with van der Waals surface area (Å²) in [7, 11) is 3.14. The van der Waals surface area contributed by atoms with Crippen molar-refractivity contribution in [3.63, 3.8) is 0 Å². The summed E-state index contributed by atoms with van der Waals surface area (Å²) in [4.78, 5) is 4.43. The van der Waals surface area contributed by atoms with E-state index in [4.69, 9.17) is 20.6 Å². The molecule has 110 valence electrons. The summed E-state index contributed by atoms with van der Waals surface area (Å²) in [6.07, 6.45) is 0.682. The summed E-state index contributed by atoms with van der Waals surface area (Å²) in [5.41, 5.74) is 7.50. The lowest BCUT2D eigenvalue weighted by atomic mass is 9.94. The quantitative estimate of drug-likeness (QED) is 0.649. The monoisotopic (exact) mass is 304 g/mol. The van der Waals surface area contributed by atoms with E-state index in [0.717, 1.165) is 11.1 Å².